The van der Waals surface area contributed by atoms with Gasteiger partial charge in [-0.3, -0.25) is 9.80 Å². The summed E-state index contributed by atoms with van der Waals surface area (Å²) in [6.07, 6.45) is 5.30. The molecule has 3 rings (SSSR count). The van der Waals surface area contributed by atoms with Crippen molar-refractivity contribution in [3.05, 3.63) is 42.4 Å². The van der Waals surface area contributed by atoms with Gasteiger partial charge >= 0.3 is 0 Å². The summed E-state index contributed by atoms with van der Waals surface area (Å²) in [7, 11) is 0. The number of thioether (sulfide) groups is 1. The summed E-state index contributed by atoms with van der Waals surface area (Å²) in [4.78, 5) is 9.94. The minimum atomic E-state index is 0.664. The highest BCUT2D eigenvalue weighted by atomic mass is 32.2. The van der Waals surface area contributed by atoms with Crippen molar-refractivity contribution in [3.8, 4) is 11.3 Å². The Morgan fingerprint density at radius 3 is 2.42 bits per heavy atom. The molecule has 4 nitrogen and oxygen atoms in total. The van der Waals surface area contributed by atoms with Crippen molar-refractivity contribution in [2.24, 2.45) is 0 Å². The van der Waals surface area contributed by atoms with Gasteiger partial charge < -0.3 is 4.57 Å². The van der Waals surface area contributed by atoms with Gasteiger partial charge in [0.2, 0.25) is 0 Å². The van der Waals surface area contributed by atoms with Crippen LogP contribution in [0, 0.1) is 0 Å². The number of aromatic nitrogens is 2. The number of benzene rings is 1. The van der Waals surface area contributed by atoms with Gasteiger partial charge in [-0.1, -0.05) is 30.3 Å². The van der Waals surface area contributed by atoms with Crippen molar-refractivity contribution < 1.29 is 0 Å². The van der Waals surface area contributed by atoms with E-state index in [0.717, 1.165) is 31.0 Å². The van der Waals surface area contributed by atoms with Crippen LogP contribution in [0.15, 0.2) is 36.7 Å². The Hall–Kier alpha value is -1.30. The molecule has 0 amide bonds. The molecule has 1 aliphatic heterocycles. The summed E-state index contributed by atoms with van der Waals surface area (Å²) in [6.45, 7) is 11.5. The molecule has 0 bridgehead atoms. The van der Waals surface area contributed by atoms with E-state index < -0.39 is 0 Å². The summed E-state index contributed by atoms with van der Waals surface area (Å²) in [6, 6.07) is 11.3. The van der Waals surface area contributed by atoms with Crippen molar-refractivity contribution in [2.75, 3.05) is 44.7 Å². The Labute approximate surface area is 162 Å². The highest BCUT2D eigenvalue weighted by molar-refractivity contribution is 7.98. The van der Waals surface area contributed by atoms with E-state index in [4.69, 9.17) is 4.98 Å². The second-order valence-electron chi connectivity index (χ2n) is 7.31. The first-order chi connectivity index (χ1) is 12.7. The number of rotatable bonds is 8. The molecule has 1 aromatic carbocycles. The van der Waals surface area contributed by atoms with Gasteiger partial charge in [0, 0.05) is 56.6 Å². The molecule has 5 heteroatoms. The van der Waals surface area contributed by atoms with Gasteiger partial charge in [-0.15, -0.1) is 0 Å². The maximum atomic E-state index is 4.77. The highest BCUT2D eigenvalue weighted by Gasteiger charge is 2.19. The van der Waals surface area contributed by atoms with Crippen LogP contribution in [0.2, 0.25) is 0 Å². The zero-order chi connectivity index (χ0) is 18.4. The van der Waals surface area contributed by atoms with Gasteiger partial charge in [-0.05, 0) is 32.3 Å². The smallest absolute Gasteiger partial charge is 0.0956 e. The standard InChI is InChI=1S/C21H32N4S/c1-18(2)24-13-10-23(11-14-24)12-15-25-17-22-21(20(25)9-16-26-3)19-7-5-4-6-8-19/h4-8,17-18H,9-16H2,1-3H3. The van der Waals surface area contributed by atoms with E-state index in [9.17, 15) is 0 Å². The van der Waals surface area contributed by atoms with Crippen LogP contribution in [0.25, 0.3) is 11.3 Å². The first kappa shape index (κ1) is 19.5. The molecule has 0 aliphatic carbocycles. The van der Waals surface area contributed by atoms with E-state index in [0.29, 0.717) is 6.04 Å². The molecule has 142 valence electrons. The fourth-order valence-electron chi connectivity index (χ4n) is 3.65. The normalized spacial score (nSPS) is 16.5. The van der Waals surface area contributed by atoms with Gasteiger partial charge in [-0.2, -0.15) is 11.8 Å². The largest absolute Gasteiger partial charge is 0.333 e. The first-order valence-corrected chi connectivity index (χ1v) is 11.1. The van der Waals surface area contributed by atoms with Gasteiger partial charge in [0.15, 0.2) is 0 Å². The summed E-state index contributed by atoms with van der Waals surface area (Å²) in [5.41, 5.74) is 3.77. The van der Waals surface area contributed by atoms with E-state index in [2.05, 4.69) is 64.8 Å². The summed E-state index contributed by atoms with van der Waals surface area (Å²) >= 11 is 1.90. The summed E-state index contributed by atoms with van der Waals surface area (Å²) in [5.74, 6) is 1.14. The van der Waals surface area contributed by atoms with Crippen molar-refractivity contribution in [1.29, 1.82) is 0 Å². The molecule has 2 aromatic rings. The van der Waals surface area contributed by atoms with Crippen molar-refractivity contribution in [3.63, 3.8) is 0 Å². The van der Waals surface area contributed by atoms with Crippen LogP contribution >= 0.6 is 11.8 Å². The molecule has 0 radical (unpaired) electrons. The van der Waals surface area contributed by atoms with Crippen molar-refractivity contribution in [1.82, 2.24) is 19.4 Å². The van der Waals surface area contributed by atoms with E-state index in [1.807, 2.05) is 18.1 Å². The molecule has 1 fully saturated rings. The minimum Gasteiger partial charge on any atom is -0.333 e. The van der Waals surface area contributed by atoms with Crippen LogP contribution in [0.5, 0.6) is 0 Å². The van der Waals surface area contributed by atoms with Crippen LogP contribution in [0.1, 0.15) is 19.5 Å². The topological polar surface area (TPSA) is 24.3 Å². The average Bonchev–Trinajstić information content (AvgIpc) is 3.08. The van der Waals surface area contributed by atoms with Crippen LogP contribution < -0.4 is 0 Å². The van der Waals surface area contributed by atoms with E-state index in [1.165, 1.54) is 37.4 Å². The van der Waals surface area contributed by atoms with Gasteiger partial charge in [0.25, 0.3) is 0 Å². The maximum absolute atomic E-state index is 4.77. The number of hydrogen-bond donors (Lipinski definition) is 0. The number of imidazole rings is 1. The third-order valence-electron chi connectivity index (χ3n) is 5.33. The Kier molecular flexibility index (Phi) is 7.17. The van der Waals surface area contributed by atoms with E-state index in [1.54, 1.807) is 0 Å². The fraction of sp³-hybridized carbons (Fsp3) is 0.571. The molecule has 1 saturated heterocycles. The lowest BCUT2D eigenvalue weighted by Gasteiger charge is -2.37. The van der Waals surface area contributed by atoms with Gasteiger partial charge in [-0.25, -0.2) is 4.98 Å². The van der Waals surface area contributed by atoms with Crippen LogP contribution in [-0.4, -0.2) is 70.1 Å². The first-order valence-electron chi connectivity index (χ1n) is 9.74. The van der Waals surface area contributed by atoms with Crippen LogP contribution in [0.3, 0.4) is 0 Å². The predicted octanol–water partition coefficient (Wildman–Crippen LogP) is 3.48. The molecule has 1 aliphatic rings. The Morgan fingerprint density at radius 1 is 1.04 bits per heavy atom. The quantitative estimate of drug-likeness (QED) is 0.708. The number of piperazine rings is 1. The molecule has 0 saturated carbocycles. The Balaban J connectivity index is 1.65. The van der Waals surface area contributed by atoms with Gasteiger partial charge in [0.1, 0.15) is 0 Å². The summed E-state index contributed by atoms with van der Waals surface area (Å²) < 4.78 is 2.38. The summed E-state index contributed by atoms with van der Waals surface area (Å²) in [5, 5.41) is 0. The second-order valence-corrected chi connectivity index (χ2v) is 8.30. The predicted molar refractivity (Wildman–Crippen MR) is 113 cm³/mol. The Bertz CT molecular complexity index is 660. The van der Waals surface area contributed by atoms with Crippen molar-refractivity contribution in [2.45, 2.75) is 32.9 Å². The molecule has 0 N–H and O–H groups in total. The lowest BCUT2D eigenvalue weighted by Crippen LogP contribution is -2.49. The maximum Gasteiger partial charge on any atom is 0.0956 e. The van der Waals surface area contributed by atoms with E-state index >= 15 is 0 Å². The molecular weight excluding hydrogens is 340 g/mol. The SMILES string of the molecule is CSCCc1c(-c2ccccc2)ncn1CCN1CCN(C(C)C)CC1. The monoisotopic (exact) mass is 372 g/mol. The lowest BCUT2D eigenvalue weighted by molar-refractivity contribution is 0.106. The zero-order valence-corrected chi connectivity index (χ0v) is 17.2. The van der Waals surface area contributed by atoms with Crippen LogP contribution in [0.4, 0.5) is 0 Å². The molecule has 0 atom stereocenters. The molecule has 0 unspecified atom stereocenters. The fourth-order valence-corrected chi connectivity index (χ4v) is 4.05. The molecular formula is C21H32N4S. The highest BCUT2D eigenvalue weighted by Crippen LogP contribution is 2.23. The third-order valence-corrected chi connectivity index (χ3v) is 5.94. The average molecular weight is 373 g/mol. The molecule has 26 heavy (non-hydrogen) atoms. The molecule has 2 heterocycles. The van der Waals surface area contributed by atoms with Gasteiger partial charge in [0.05, 0.1) is 12.0 Å². The van der Waals surface area contributed by atoms with E-state index in [-0.39, 0.29) is 0 Å². The van der Waals surface area contributed by atoms with Crippen molar-refractivity contribution >= 4 is 11.8 Å². The lowest BCUT2D eigenvalue weighted by atomic mass is 10.1. The third kappa shape index (κ3) is 4.90. The molecule has 1 aromatic heterocycles. The number of nitrogens with zero attached hydrogens (tertiary/aromatic N) is 4. The zero-order valence-electron chi connectivity index (χ0n) is 16.4. The Morgan fingerprint density at radius 2 is 1.77 bits per heavy atom. The van der Waals surface area contributed by atoms with Crippen LogP contribution in [-0.2, 0) is 13.0 Å². The minimum absolute atomic E-state index is 0.664. The molecule has 0 spiro atoms. The second kappa shape index (κ2) is 9.58. The number of hydrogen-bond acceptors (Lipinski definition) is 4.